The van der Waals surface area contributed by atoms with Gasteiger partial charge in [-0.25, -0.2) is 0 Å². The summed E-state index contributed by atoms with van der Waals surface area (Å²) < 4.78 is 32.0. The molecule has 1 aromatic carbocycles. The molecule has 0 heterocycles. The Kier molecular flexibility index (Phi) is 6.35. The molecule has 0 aromatic heterocycles. The molecule has 4 bridgehead atoms. The van der Waals surface area contributed by atoms with E-state index in [2.05, 4.69) is 27.9 Å². The lowest BCUT2D eigenvalue weighted by molar-refractivity contribution is -0.150. The van der Waals surface area contributed by atoms with Crippen LogP contribution in [0.4, 0.5) is 0 Å². The maximum Gasteiger partial charge on any atom is 0.299 e. The Bertz CT molecular complexity index is 1040. The monoisotopic (exact) mass is 594 g/mol. The van der Waals surface area contributed by atoms with E-state index < -0.39 is 27.0 Å². The van der Waals surface area contributed by atoms with Crippen LogP contribution >= 0.6 is 34.2 Å². The molecule has 0 spiro atoms. The second-order valence-corrected chi connectivity index (χ2v) is 12.7. The zero-order valence-electron chi connectivity index (χ0n) is 18.1. The summed E-state index contributed by atoms with van der Waals surface area (Å²) in [4.78, 5) is 25.2. The minimum Gasteiger partial charge on any atom is -0.369 e. The molecule has 176 valence electrons. The van der Waals surface area contributed by atoms with E-state index in [4.69, 9.17) is 21.5 Å². The summed E-state index contributed by atoms with van der Waals surface area (Å²) in [5.74, 6) is 0.0697. The van der Waals surface area contributed by atoms with E-state index in [-0.39, 0.29) is 33.7 Å². The van der Waals surface area contributed by atoms with E-state index >= 15 is 0 Å². The third-order valence-corrected chi connectivity index (χ3v) is 10.3. The lowest BCUT2D eigenvalue weighted by atomic mass is 9.47. The lowest BCUT2D eigenvalue weighted by Crippen LogP contribution is -2.63. The largest absolute Gasteiger partial charge is 0.369 e. The van der Waals surface area contributed by atoms with E-state index in [1.165, 1.54) is 19.9 Å². The zero-order chi connectivity index (χ0) is 23.5. The lowest BCUT2D eigenvalue weighted by Gasteiger charge is -2.59. The highest BCUT2D eigenvalue weighted by molar-refractivity contribution is 14.1. The molecule has 2 unspecified atom stereocenters. The molecule has 0 aliphatic heterocycles. The van der Waals surface area contributed by atoms with Crippen LogP contribution in [0.3, 0.4) is 0 Å². The van der Waals surface area contributed by atoms with E-state index in [0.29, 0.717) is 28.8 Å². The van der Waals surface area contributed by atoms with Crippen molar-refractivity contribution in [2.24, 2.45) is 28.9 Å². The second-order valence-electron chi connectivity index (χ2n) is 10.0. The van der Waals surface area contributed by atoms with Gasteiger partial charge >= 0.3 is 0 Å². The topological polar surface area (TPSA) is 116 Å². The van der Waals surface area contributed by atoms with Gasteiger partial charge < -0.3 is 11.1 Å². The third-order valence-electron chi connectivity index (χ3n) is 7.40. The molecular weight excluding hydrogens is 567 g/mol. The van der Waals surface area contributed by atoms with Gasteiger partial charge in [0.2, 0.25) is 5.91 Å². The third kappa shape index (κ3) is 4.18. The number of benzene rings is 1. The maximum absolute atomic E-state index is 13.2. The van der Waals surface area contributed by atoms with Crippen LogP contribution in [0, 0.1) is 23.2 Å². The van der Waals surface area contributed by atoms with Crippen molar-refractivity contribution in [2.45, 2.75) is 66.9 Å². The van der Waals surface area contributed by atoms with Crippen LogP contribution in [0.2, 0.25) is 5.02 Å². The van der Waals surface area contributed by atoms with Crippen molar-refractivity contribution in [3.05, 3.63) is 28.8 Å². The number of alkyl halides is 1. The van der Waals surface area contributed by atoms with Crippen molar-refractivity contribution >= 4 is 56.1 Å². The average molecular weight is 595 g/mol. The molecule has 10 heteroatoms. The van der Waals surface area contributed by atoms with Gasteiger partial charge in [0.1, 0.15) is 4.90 Å². The Hall–Kier alpha value is -0.910. The molecule has 4 aliphatic rings. The average Bonchev–Trinajstić information content (AvgIpc) is 2.68. The van der Waals surface area contributed by atoms with E-state index in [1.54, 1.807) is 12.1 Å². The highest BCUT2D eigenvalue weighted by atomic mass is 127. The van der Waals surface area contributed by atoms with Gasteiger partial charge in [-0.2, -0.15) is 8.42 Å². The summed E-state index contributed by atoms with van der Waals surface area (Å²) in [5.41, 5.74) is 4.18. The first-order valence-corrected chi connectivity index (χ1v) is 14.1. The van der Waals surface area contributed by atoms with Gasteiger partial charge in [0.25, 0.3) is 16.0 Å². The standard InChI is InChI=1S/C22H28ClIN2O5S/c1-21(2,31-32(29,30)18-13(11-24)4-3-5-16(18)23)20(28)26-17-14-6-12-7-15(17)10-22(8-12,9-14)19(25)27/h3-5,12,14-15,17H,6-11H2,1-2H3,(H2,25,27)(H,26,28). The molecule has 1 aromatic rings. The molecule has 0 radical (unpaired) electrons. The van der Waals surface area contributed by atoms with Crippen molar-refractivity contribution in [3.63, 3.8) is 0 Å². The Balaban J connectivity index is 1.51. The number of carbonyl (C=O) groups is 2. The smallest absolute Gasteiger partial charge is 0.299 e. The van der Waals surface area contributed by atoms with Crippen LogP contribution in [0.15, 0.2) is 23.1 Å². The molecule has 4 saturated carbocycles. The van der Waals surface area contributed by atoms with Gasteiger partial charge in [0, 0.05) is 15.9 Å². The van der Waals surface area contributed by atoms with Crippen molar-refractivity contribution in [1.82, 2.24) is 5.32 Å². The van der Waals surface area contributed by atoms with Crippen molar-refractivity contribution in [2.75, 3.05) is 0 Å². The molecule has 2 amide bonds. The number of hydrogen-bond acceptors (Lipinski definition) is 5. The predicted octanol–water partition coefficient (Wildman–Crippen LogP) is 3.56. The number of rotatable bonds is 7. The van der Waals surface area contributed by atoms with Gasteiger partial charge in [0.15, 0.2) is 5.60 Å². The minimum atomic E-state index is -4.28. The van der Waals surface area contributed by atoms with Gasteiger partial charge in [-0.05, 0) is 75.3 Å². The molecule has 0 saturated heterocycles. The summed E-state index contributed by atoms with van der Waals surface area (Å²) in [6.45, 7) is 2.89. The van der Waals surface area contributed by atoms with E-state index in [1.807, 2.05) is 0 Å². The highest BCUT2D eigenvalue weighted by Gasteiger charge is 2.58. The fourth-order valence-corrected chi connectivity index (χ4v) is 9.03. The normalized spacial score (nSPS) is 31.5. The number of hydrogen-bond donors (Lipinski definition) is 2. The number of amides is 2. The molecule has 32 heavy (non-hydrogen) atoms. The van der Waals surface area contributed by atoms with Crippen LogP contribution in [-0.2, 0) is 28.3 Å². The molecular formula is C22H28ClIN2O5S. The van der Waals surface area contributed by atoms with Gasteiger partial charge in [-0.15, -0.1) is 0 Å². The second kappa shape index (κ2) is 8.39. The van der Waals surface area contributed by atoms with Crippen LogP contribution < -0.4 is 11.1 Å². The number of nitrogens with two attached hydrogens (primary N) is 1. The van der Waals surface area contributed by atoms with Crippen LogP contribution in [0.5, 0.6) is 0 Å². The molecule has 4 fully saturated rings. The first-order chi connectivity index (χ1) is 14.9. The SMILES string of the molecule is CC(C)(OS(=O)(=O)c1c(Cl)cccc1CI)C(=O)NC1C2CC3CC1CC(C(N)=O)(C3)C2. The molecule has 5 rings (SSSR count). The van der Waals surface area contributed by atoms with Gasteiger partial charge in [0.05, 0.1) is 5.02 Å². The van der Waals surface area contributed by atoms with Gasteiger partial charge in [-0.1, -0.05) is 46.3 Å². The van der Waals surface area contributed by atoms with Crippen LogP contribution in [0.1, 0.15) is 51.5 Å². The molecule has 2 atom stereocenters. The van der Waals surface area contributed by atoms with Crippen molar-refractivity contribution in [3.8, 4) is 0 Å². The van der Waals surface area contributed by atoms with Crippen LogP contribution in [-0.4, -0.2) is 31.9 Å². The van der Waals surface area contributed by atoms with Crippen LogP contribution in [0.25, 0.3) is 0 Å². The maximum atomic E-state index is 13.2. The highest BCUT2D eigenvalue weighted by Crippen LogP contribution is 2.60. The molecule has 4 aliphatic carbocycles. The van der Waals surface area contributed by atoms with Crippen molar-refractivity contribution in [1.29, 1.82) is 0 Å². The first-order valence-electron chi connectivity index (χ1n) is 10.8. The quantitative estimate of drug-likeness (QED) is 0.285. The summed E-state index contributed by atoms with van der Waals surface area (Å²) in [6.07, 6.45) is 4.11. The fourth-order valence-electron chi connectivity index (χ4n) is 6.18. The zero-order valence-corrected chi connectivity index (χ0v) is 21.8. The fraction of sp³-hybridized carbons (Fsp3) is 0.636. The van der Waals surface area contributed by atoms with E-state index in [9.17, 15) is 18.0 Å². The summed E-state index contributed by atoms with van der Waals surface area (Å²) in [5, 5.41) is 3.12. The molecule has 3 N–H and O–H groups in total. The minimum absolute atomic E-state index is 0.0631. The molecule has 7 nitrogen and oxygen atoms in total. The Morgan fingerprint density at radius 3 is 2.44 bits per heavy atom. The van der Waals surface area contributed by atoms with Gasteiger partial charge in [-0.3, -0.25) is 13.8 Å². The number of primary amides is 1. The Morgan fingerprint density at radius 1 is 1.25 bits per heavy atom. The summed E-state index contributed by atoms with van der Waals surface area (Å²) in [7, 11) is -4.28. The number of halogens is 2. The number of carbonyl (C=O) groups excluding carboxylic acids is 2. The van der Waals surface area contributed by atoms with Crippen molar-refractivity contribution < 1.29 is 22.2 Å². The summed E-state index contributed by atoms with van der Waals surface area (Å²) >= 11 is 8.23. The predicted molar refractivity (Wildman–Crippen MR) is 129 cm³/mol. The summed E-state index contributed by atoms with van der Waals surface area (Å²) in [6, 6.07) is 4.73. The Labute approximate surface area is 207 Å². The Morgan fingerprint density at radius 2 is 1.88 bits per heavy atom. The van der Waals surface area contributed by atoms with E-state index in [0.717, 1.165) is 19.3 Å². The first kappa shape index (κ1) is 24.2. The number of nitrogens with one attached hydrogen (secondary N) is 1.